The van der Waals surface area contributed by atoms with Gasteiger partial charge in [-0.2, -0.15) is 0 Å². The summed E-state index contributed by atoms with van der Waals surface area (Å²) in [5.41, 5.74) is 0.355. The zero-order valence-electron chi connectivity index (χ0n) is 13.9. The summed E-state index contributed by atoms with van der Waals surface area (Å²) in [6.07, 6.45) is 3.54. The minimum atomic E-state index is -3.76. The SMILES string of the molecule is O=C(Nc1cccc(S(=O)(=O)NC2=NCCCCC2)c1)c1ccc(Br)o1. The second-order valence-electron chi connectivity index (χ2n) is 5.83. The lowest BCUT2D eigenvalue weighted by atomic mass is 10.2. The van der Waals surface area contributed by atoms with Gasteiger partial charge in [0.05, 0.1) is 4.90 Å². The molecular weight excluding hydrogens is 422 g/mol. The third kappa shape index (κ3) is 4.73. The number of furan rings is 1. The van der Waals surface area contributed by atoms with Crippen LogP contribution in [-0.2, 0) is 10.0 Å². The number of rotatable bonds is 4. The zero-order valence-corrected chi connectivity index (χ0v) is 16.3. The third-order valence-corrected chi connectivity index (χ3v) is 5.63. The Morgan fingerprint density at radius 2 is 2.00 bits per heavy atom. The molecule has 0 spiro atoms. The lowest BCUT2D eigenvalue weighted by Crippen LogP contribution is -2.30. The number of sulfonamides is 1. The highest BCUT2D eigenvalue weighted by Gasteiger charge is 2.18. The molecule has 3 rings (SSSR count). The van der Waals surface area contributed by atoms with Crippen LogP contribution >= 0.6 is 15.9 Å². The lowest BCUT2D eigenvalue weighted by Gasteiger charge is -2.11. The average Bonchev–Trinajstić information content (AvgIpc) is 2.88. The number of carbonyl (C=O) groups excluding carboxylic acids is 1. The number of amides is 1. The Hall–Kier alpha value is -2.13. The molecule has 138 valence electrons. The number of hydrogen-bond donors (Lipinski definition) is 2. The molecule has 0 aliphatic carbocycles. The minimum Gasteiger partial charge on any atom is -0.444 e. The van der Waals surface area contributed by atoms with Crippen LogP contribution in [0.3, 0.4) is 0 Å². The first-order chi connectivity index (χ1) is 12.4. The zero-order chi connectivity index (χ0) is 18.6. The predicted octanol–water partition coefficient (Wildman–Crippen LogP) is 3.55. The lowest BCUT2D eigenvalue weighted by molar-refractivity contribution is 0.0995. The van der Waals surface area contributed by atoms with Gasteiger partial charge in [-0.05, 0) is 59.1 Å². The number of nitrogens with zero attached hydrogens (tertiary/aromatic N) is 1. The van der Waals surface area contributed by atoms with Crippen LogP contribution in [0, 0.1) is 0 Å². The first kappa shape index (κ1) is 18.7. The van der Waals surface area contributed by atoms with Gasteiger partial charge in [-0.15, -0.1) is 0 Å². The molecule has 0 radical (unpaired) electrons. The molecular formula is C17H18BrN3O4S. The van der Waals surface area contributed by atoms with Crippen molar-refractivity contribution in [1.29, 1.82) is 0 Å². The van der Waals surface area contributed by atoms with Crippen LogP contribution in [0.4, 0.5) is 5.69 Å². The van der Waals surface area contributed by atoms with Crippen molar-refractivity contribution in [2.24, 2.45) is 4.99 Å². The number of anilines is 1. The highest BCUT2D eigenvalue weighted by Crippen LogP contribution is 2.19. The van der Waals surface area contributed by atoms with Crippen molar-refractivity contribution in [2.45, 2.75) is 30.6 Å². The van der Waals surface area contributed by atoms with Gasteiger partial charge in [0.2, 0.25) is 0 Å². The molecule has 1 aliphatic rings. The Morgan fingerprint density at radius 1 is 1.15 bits per heavy atom. The summed E-state index contributed by atoms with van der Waals surface area (Å²) in [6, 6.07) is 9.17. The van der Waals surface area contributed by atoms with Gasteiger partial charge in [0.25, 0.3) is 15.9 Å². The number of nitrogens with one attached hydrogen (secondary N) is 2. The monoisotopic (exact) mass is 439 g/mol. The van der Waals surface area contributed by atoms with E-state index in [1.54, 1.807) is 18.2 Å². The molecule has 0 atom stereocenters. The maximum atomic E-state index is 12.6. The van der Waals surface area contributed by atoms with Crippen LogP contribution in [0.25, 0.3) is 0 Å². The van der Waals surface area contributed by atoms with E-state index in [4.69, 9.17) is 4.42 Å². The van der Waals surface area contributed by atoms with E-state index in [2.05, 4.69) is 31.0 Å². The highest BCUT2D eigenvalue weighted by molar-refractivity contribution is 9.10. The van der Waals surface area contributed by atoms with Crippen molar-refractivity contribution in [3.05, 3.63) is 46.8 Å². The van der Waals surface area contributed by atoms with Crippen LogP contribution in [0.1, 0.15) is 36.2 Å². The first-order valence-electron chi connectivity index (χ1n) is 8.17. The van der Waals surface area contributed by atoms with Gasteiger partial charge >= 0.3 is 0 Å². The topological polar surface area (TPSA) is 101 Å². The second kappa shape index (κ2) is 8.05. The maximum absolute atomic E-state index is 12.6. The summed E-state index contributed by atoms with van der Waals surface area (Å²) in [6.45, 7) is 0.632. The molecule has 0 bridgehead atoms. The van der Waals surface area contributed by atoms with Gasteiger partial charge in [-0.25, -0.2) is 8.42 Å². The van der Waals surface area contributed by atoms with E-state index in [1.165, 1.54) is 18.2 Å². The molecule has 1 amide bonds. The Morgan fingerprint density at radius 3 is 2.77 bits per heavy atom. The third-order valence-electron chi connectivity index (χ3n) is 3.83. The van der Waals surface area contributed by atoms with Gasteiger partial charge in [0, 0.05) is 18.7 Å². The molecule has 7 nitrogen and oxygen atoms in total. The van der Waals surface area contributed by atoms with Crippen molar-refractivity contribution in [1.82, 2.24) is 4.72 Å². The summed E-state index contributed by atoms with van der Waals surface area (Å²) in [4.78, 5) is 16.5. The summed E-state index contributed by atoms with van der Waals surface area (Å²) in [7, 11) is -3.76. The van der Waals surface area contributed by atoms with Crippen molar-refractivity contribution >= 4 is 43.4 Å². The second-order valence-corrected chi connectivity index (χ2v) is 8.29. The smallest absolute Gasteiger partial charge is 0.291 e. The number of benzene rings is 1. The summed E-state index contributed by atoms with van der Waals surface area (Å²) >= 11 is 3.13. The van der Waals surface area contributed by atoms with Crippen molar-refractivity contribution in [3.63, 3.8) is 0 Å². The number of halogens is 1. The number of aliphatic imine (C=N–C) groups is 1. The van der Waals surface area contributed by atoms with Crippen LogP contribution in [0.2, 0.25) is 0 Å². The van der Waals surface area contributed by atoms with E-state index in [0.717, 1.165) is 19.3 Å². The molecule has 1 aromatic heterocycles. The largest absolute Gasteiger partial charge is 0.444 e. The molecule has 0 unspecified atom stereocenters. The number of amidine groups is 1. The van der Waals surface area contributed by atoms with E-state index in [-0.39, 0.29) is 10.7 Å². The van der Waals surface area contributed by atoms with E-state index in [1.807, 2.05) is 0 Å². The quantitative estimate of drug-likeness (QED) is 0.760. The Kier molecular flexibility index (Phi) is 5.77. The average molecular weight is 440 g/mol. The van der Waals surface area contributed by atoms with Gasteiger partial charge in [0.1, 0.15) is 5.84 Å². The van der Waals surface area contributed by atoms with Crippen molar-refractivity contribution < 1.29 is 17.6 Å². The van der Waals surface area contributed by atoms with Gasteiger partial charge in [-0.3, -0.25) is 14.5 Å². The maximum Gasteiger partial charge on any atom is 0.291 e. The highest BCUT2D eigenvalue weighted by atomic mass is 79.9. The van der Waals surface area contributed by atoms with Crippen molar-refractivity contribution in [2.75, 3.05) is 11.9 Å². The normalized spacial score (nSPS) is 15.0. The Balaban J connectivity index is 1.75. The van der Waals surface area contributed by atoms with Crippen LogP contribution in [-0.4, -0.2) is 26.7 Å². The van der Waals surface area contributed by atoms with Crippen LogP contribution in [0.15, 0.2) is 55.4 Å². The molecule has 9 heteroatoms. The van der Waals surface area contributed by atoms with Crippen LogP contribution in [0.5, 0.6) is 0 Å². The minimum absolute atomic E-state index is 0.0582. The van der Waals surface area contributed by atoms with Gasteiger partial charge < -0.3 is 9.73 Å². The van der Waals surface area contributed by atoms with Crippen molar-refractivity contribution in [3.8, 4) is 0 Å². The fourth-order valence-electron chi connectivity index (χ4n) is 2.54. The van der Waals surface area contributed by atoms with Gasteiger partial charge in [0.15, 0.2) is 10.4 Å². The summed E-state index contributed by atoms with van der Waals surface area (Å²) in [5, 5.41) is 2.62. The van der Waals surface area contributed by atoms with E-state index >= 15 is 0 Å². The molecule has 1 aliphatic heterocycles. The molecule has 2 N–H and O–H groups in total. The molecule has 0 saturated carbocycles. The van der Waals surface area contributed by atoms with Gasteiger partial charge in [-0.1, -0.05) is 12.5 Å². The Labute approximate surface area is 160 Å². The molecule has 0 fully saturated rings. The molecule has 2 aromatic rings. The standard InChI is InChI=1S/C17H18BrN3O4S/c18-15-9-8-14(25-15)17(22)20-12-5-4-6-13(11-12)26(23,24)21-16-7-2-1-3-10-19-16/h4-6,8-9,11H,1-3,7,10H2,(H,19,21)(H,20,22). The molecule has 2 heterocycles. The summed E-state index contributed by atoms with van der Waals surface area (Å²) < 4.78 is 33.4. The molecule has 1 aromatic carbocycles. The fraction of sp³-hybridized carbons (Fsp3) is 0.294. The first-order valence-corrected chi connectivity index (χ1v) is 10.4. The molecule has 26 heavy (non-hydrogen) atoms. The number of carbonyl (C=O) groups is 1. The predicted molar refractivity (Wildman–Crippen MR) is 102 cm³/mol. The van der Waals surface area contributed by atoms with E-state index in [0.29, 0.717) is 29.2 Å². The Bertz CT molecular complexity index is 937. The summed E-state index contributed by atoms with van der Waals surface area (Å²) in [5.74, 6) is 0.139. The number of hydrogen-bond acceptors (Lipinski definition) is 5. The van der Waals surface area contributed by atoms with E-state index in [9.17, 15) is 13.2 Å². The fourth-order valence-corrected chi connectivity index (χ4v) is 3.98. The molecule has 0 saturated heterocycles. The van der Waals surface area contributed by atoms with Crippen LogP contribution < -0.4 is 10.0 Å². The van der Waals surface area contributed by atoms with E-state index < -0.39 is 15.9 Å².